The number of anilines is 1. The van der Waals surface area contributed by atoms with Crippen LogP contribution in [0, 0.1) is 0 Å². The fourth-order valence-electron chi connectivity index (χ4n) is 2.87. The summed E-state index contributed by atoms with van der Waals surface area (Å²) in [7, 11) is 0. The molecule has 1 amide bonds. The number of carbonyl (C=O) groups excluding carboxylic acids is 1. The molecular formula is C22H14BrClN2O2. The summed E-state index contributed by atoms with van der Waals surface area (Å²) in [6.07, 6.45) is 1.73. The molecule has 138 valence electrons. The summed E-state index contributed by atoms with van der Waals surface area (Å²) < 4.78 is 0.939. The van der Waals surface area contributed by atoms with Crippen LogP contribution in [0.25, 0.3) is 6.08 Å². The minimum Gasteiger partial charge on any atom is -0.508 e. The number of carbonyl (C=O) groups is 1. The summed E-state index contributed by atoms with van der Waals surface area (Å²) in [5.74, 6) is 0.427. The number of hydrogen-bond donors (Lipinski definition) is 1. The third-order valence-electron chi connectivity index (χ3n) is 4.24. The van der Waals surface area contributed by atoms with Crippen LogP contribution in [0.1, 0.15) is 11.1 Å². The Morgan fingerprint density at radius 3 is 2.21 bits per heavy atom. The first kappa shape index (κ1) is 18.5. The van der Waals surface area contributed by atoms with Gasteiger partial charge in [-0.1, -0.05) is 51.8 Å². The van der Waals surface area contributed by atoms with E-state index >= 15 is 0 Å². The highest BCUT2D eigenvalue weighted by molar-refractivity contribution is 9.10. The molecule has 0 bridgehead atoms. The van der Waals surface area contributed by atoms with Crippen LogP contribution in [-0.2, 0) is 4.79 Å². The van der Waals surface area contributed by atoms with Gasteiger partial charge in [-0.2, -0.15) is 0 Å². The molecule has 6 heteroatoms. The van der Waals surface area contributed by atoms with Gasteiger partial charge in [0.25, 0.3) is 5.91 Å². The van der Waals surface area contributed by atoms with Crippen LogP contribution in [0.3, 0.4) is 0 Å². The molecule has 1 heterocycles. The third-order valence-corrected chi connectivity index (χ3v) is 5.02. The Bertz CT molecular complexity index is 1090. The number of hydrogen-bond acceptors (Lipinski definition) is 3. The molecule has 0 spiro atoms. The van der Waals surface area contributed by atoms with Crippen molar-refractivity contribution in [1.82, 2.24) is 0 Å². The minimum absolute atomic E-state index is 0.134. The van der Waals surface area contributed by atoms with Crippen LogP contribution in [0.4, 0.5) is 5.69 Å². The molecule has 4 rings (SSSR count). The predicted octanol–water partition coefficient (Wildman–Crippen LogP) is 5.64. The summed E-state index contributed by atoms with van der Waals surface area (Å²) in [5.41, 5.74) is 2.60. The molecule has 0 fully saturated rings. The number of rotatable bonds is 3. The Labute approximate surface area is 175 Å². The molecular weight excluding hydrogens is 440 g/mol. The monoisotopic (exact) mass is 452 g/mol. The van der Waals surface area contributed by atoms with E-state index in [-0.39, 0.29) is 11.7 Å². The summed E-state index contributed by atoms with van der Waals surface area (Å²) >= 11 is 9.37. The van der Waals surface area contributed by atoms with E-state index in [9.17, 15) is 9.90 Å². The molecule has 0 aliphatic carbocycles. The molecule has 0 radical (unpaired) electrons. The highest BCUT2D eigenvalue weighted by Crippen LogP contribution is 2.29. The van der Waals surface area contributed by atoms with Crippen LogP contribution in [0.2, 0.25) is 5.02 Å². The van der Waals surface area contributed by atoms with E-state index in [1.807, 2.05) is 36.4 Å². The van der Waals surface area contributed by atoms with E-state index in [4.69, 9.17) is 11.6 Å². The van der Waals surface area contributed by atoms with E-state index in [2.05, 4.69) is 20.9 Å². The van der Waals surface area contributed by atoms with Gasteiger partial charge < -0.3 is 5.11 Å². The number of amidine groups is 1. The number of aromatic hydroxyl groups is 1. The molecule has 0 aromatic heterocycles. The number of amides is 1. The quantitative estimate of drug-likeness (QED) is 0.522. The average Bonchev–Trinajstić information content (AvgIpc) is 3.01. The van der Waals surface area contributed by atoms with Crippen LogP contribution in [0.15, 0.2) is 88.0 Å². The molecule has 0 saturated carbocycles. The van der Waals surface area contributed by atoms with E-state index in [1.54, 1.807) is 47.4 Å². The van der Waals surface area contributed by atoms with Gasteiger partial charge in [0, 0.05) is 15.1 Å². The standard InChI is InChI=1S/C22H14BrClN2O2/c23-16-5-3-15(4-6-16)21-25-20(13-14-1-7-17(24)8-2-14)22(28)26(21)18-9-11-19(27)12-10-18/h1-13,27H/b20-13+. The van der Waals surface area contributed by atoms with Crippen molar-refractivity contribution in [2.75, 3.05) is 4.90 Å². The zero-order chi connectivity index (χ0) is 19.7. The molecule has 28 heavy (non-hydrogen) atoms. The fraction of sp³-hybridized carbons (Fsp3) is 0. The number of aliphatic imine (C=N–C) groups is 1. The maximum absolute atomic E-state index is 13.2. The summed E-state index contributed by atoms with van der Waals surface area (Å²) in [4.78, 5) is 19.3. The summed E-state index contributed by atoms with van der Waals surface area (Å²) in [6, 6.07) is 21.3. The molecule has 4 nitrogen and oxygen atoms in total. The first-order chi connectivity index (χ1) is 13.5. The zero-order valence-electron chi connectivity index (χ0n) is 14.5. The fourth-order valence-corrected chi connectivity index (χ4v) is 3.26. The molecule has 0 saturated heterocycles. The van der Waals surface area contributed by atoms with Gasteiger partial charge >= 0.3 is 0 Å². The molecule has 1 N–H and O–H groups in total. The van der Waals surface area contributed by atoms with Gasteiger partial charge in [0.05, 0.1) is 5.69 Å². The van der Waals surface area contributed by atoms with Gasteiger partial charge in [0.15, 0.2) is 0 Å². The summed E-state index contributed by atoms with van der Waals surface area (Å²) in [6.45, 7) is 0. The maximum Gasteiger partial charge on any atom is 0.282 e. The Balaban J connectivity index is 1.81. The second kappa shape index (κ2) is 7.62. The Kier molecular flexibility index (Phi) is 5.03. The second-order valence-electron chi connectivity index (χ2n) is 6.18. The van der Waals surface area contributed by atoms with Crippen molar-refractivity contribution in [3.63, 3.8) is 0 Å². The van der Waals surface area contributed by atoms with Crippen molar-refractivity contribution in [1.29, 1.82) is 0 Å². The summed E-state index contributed by atoms with van der Waals surface area (Å²) in [5, 5.41) is 10.2. The van der Waals surface area contributed by atoms with Crippen LogP contribution < -0.4 is 4.90 Å². The van der Waals surface area contributed by atoms with Crippen molar-refractivity contribution in [3.8, 4) is 5.75 Å². The van der Waals surface area contributed by atoms with Crippen LogP contribution in [0.5, 0.6) is 5.75 Å². The van der Waals surface area contributed by atoms with Gasteiger partial charge in [-0.15, -0.1) is 0 Å². The largest absolute Gasteiger partial charge is 0.508 e. The number of benzene rings is 3. The Hall–Kier alpha value is -2.89. The highest BCUT2D eigenvalue weighted by atomic mass is 79.9. The maximum atomic E-state index is 13.2. The molecule has 3 aromatic rings. The molecule has 1 aliphatic heterocycles. The SMILES string of the molecule is O=C1/C(=C\c2ccc(Cl)cc2)N=C(c2ccc(Br)cc2)N1c1ccc(O)cc1. The number of phenolic OH excluding ortho intramolecular Hbond substituents is 1. The molecule has 3 aromatic carbocycles. The Morgan fingerprint density at radius 2 is 1.57 bits per heavy atom. The lowest BCUT2D eigenvalue weighted by Gasteiger charge is -2.18. The number of halogens is 2. The van der Waals surface area contributed by atoms with E-state index in [1.165, 1.54) is 0 Å². The van der Waals surface area contributed by atoms with E-state index < -0.39 is 0 Å². The molecule has 1 aliphatic rings. The predicted molar refractivity (Wildman–Crippen MR) is 116 cm³/mol. The smallest absolute Gasteiger partial charge is 0.282 e. The normalized spacial score (nSPS) is 15.2. The van der Waals surface area contributed by atoms with Gasteiger partial charge in [-0.05, 0) is 60.2 Å². The Morgan fingerprint density at radius 1 is 0.929 bits per heavy atom. The average molecular weight is 454 g/mol. The highest BCUT2D eigenvalue weighted by Gasteiger charge is 2.32. The van der Waals surface area contributed by atoms with Crippen LogP contribution in [-0.4, -0.2) is 16.8 Å². The third kappa shape index (κ3) is 3.72. The van der Waals surface area contributed by atoms with Gasteiger partial charge in [0.2, 0.25) is 0 Å². The lowest BCUT2D eigenvalue weighted by molar-refractivity contribution is -0.113. The first-order valence-electron chi connectivity index (χ1n) is 8.47. The number of phenols is 1. The minimum atomic E-state index is -0.237. The van der Waals surface area contributed by atoms with Gasteiger partial charge in [-0.3, -0.25) is 9.69 Å². The topological polar surface area (TPSA) is 52.9 Å². The van der Waals surface area contributed by atoms with Gasteiger partial charge in [0.1, 0.15) is 17.3 Å². The second-order valence-corrected chi connectivity index (χ2v) is 7.53. The van der Waals surface area contributed by atoms with Crippen molar-refractivity contribution in [3.05, 3.63) is 99.1 Å². The lowest BCUT2D eigenvalue weighted by Crippen LogP contribution is -2.32. The zero-order valence-corrected chi connectivity index (χ0v) is 16.9. The lowest BCUT2D eigenvalue weighted by atomic mass is 10.1. The number of nitrogens with zero attached hydrogens (tertiary/aromatic N) is 2. The first-order valence-corrected chi connectivity index (χ1v) is 9.64. The molecule has 0 unspecified atom stereocenters. The van der Waals surface area contributed by atoms with E-state index in [0.717, 1.165) is 15.6 Å². The van der Waals surface area contributed by atoms with Gasteiger partial charge in [-0.25, -0.2) is 4.99 Å². The molecule has 0 atom stereocenters. The van der Waals surface area contributed by atoms with Crippen LogP contribution >= 0.6 is 27.5 Å². The van der Waals surface area contributed by atoms with Crippen molar-refractivity contribution in [2.24, 2.45) is 4.99 Å². The van der Waals surface area contributed by atoms with Crippen molar-refractivity contribution in [2.45, 2.75) is 0 Å². The van der Waals surface area contributed by atoms with E-state index in [0.29, 0.717) is 22.2 Å². The van der Waals surface area contributed by atoms with Crippen molar-refractivity contribution < 1.29 is 9.90 Å². The van der Waals surface area contributed by atoms with Crippen molar-refractivity contribution >= 4 is 51.0 Å².